The van der Waals surface area contributed by atoms with Gasteiger partial charge < -0.3 is 18.7 Å². The normalized spacial score (nSPS) is 15.7. The van der Waals surface area contributed by atoms with Crippen LogP contribution in [0.15, 0.2) is 72.8 Å². The lowest BCUT2D eigenvalue weighted by molar-refractivity contribution is 0.212. The fourth-order valence-electron chi connectivity index (χ4n) is 4.19. The first-order valence-corrected chi connectivity index (χ1v) is 12.8. The topological polar surface area (TPSA) is 48.0 Å². The third-order valence-electron chi connectivity index (χ3n) is 5.69. The number of anilines is 1. The molecule has 172 valence electrons. The van der Waals surface area contributed by atoms with Crippen LogP contribution in [-0.2, 0) is 13.6 Å². The molecule has 0 saturated carbocycles. The predicted molar refractivity (Wildman–Crippen MR) is 135 cm³/mol. The van der Waals surface area contributed by atoms with Gasteiger partial charge in [-0.2, -0.15) is 0 Å². The summed E-state index contributed by atoms with van der Waals surface area (Å²) in [6.45, 7) is 6.32. The van der Waals surface area contributed by atoms with Crippen molar-refractivity contribution in [3.63, 3.8) is 0 Å². The van der Waals surface area contributed by atoms with Gasteiger partial charge in [-0.05, 0) is 79.9 Å². The Hall–Kier alpha value is -2.85. The molecule has 3 aromatic rings. The number of nitrogens with zero attached hydrogens (tertiary/aromatic N) is 1. The summed E-state index contributed by atoms with van der Waals surface area (Å²) in [6.07, 6.45) is 2.13. The molecule has 1 heterocycles. The molecule has 33 heavy (non-hydrogen) atoms. The van der Waals surface area contributed by atoms with E-state index >= 15 is 0 Å². The minimum absolute atomic E-state index is 0.291. The van der Waals surface area contributed by atoms with E-state index in [-0.39, 0.29) is 0 Å². The third-order valence-corrected chi connectivity index (χ3v) is 8.03. The molecule has 0 fully saturated rings. The van der Waals surface area contributed by atoms with E-state index < -0.39 is 13.4 Å². The Bertz CT molecular complexity index is 1160. The van der Waals surface area contributed by atoms with Crippen molar-refractivity contribution in [2.24, 2.45) is 0 Å². The molecule has 1 atom stereocenters. The molecule has 6 heteroatoms. The van der Waals surface area contributed by atoms with Gasteiger partial charge in [0.1, 0.15) is 5.75 Å². The van der Waals surface area contributed by atoms with Crippen molar-refractivity contribution in [1.82, 2.24) is 0 Å². The Kier molecular flexibility index (Phi) is 7.04. The number of methoxy groups -OCH3 is 1. The summed E-state index contributed by atoms with van der Waals surface area (Å²) in [7, 11) is -1.92. The molecule has 0 N–H and O–H groups in total. The van der Waals surface area contributed by atoms with Crippen molar-refractivity contribution < 1.29 is 18.3 Å². The second-order valence-corrected chi connectivity index (χ2v) is 9.93. The van der Waals surface area contributed by atoms with Crippen molar-refractivity contribution in [2.75, 3.05) is 25.2 Å². The van der Waals surface area contributed by atoms with Crippen LogP contribution in [-0.4, -0.2) is 20.3 Å². The maximum atomic E-state index is 14.3. The molecule has 3 aromatic carbocycles. The van der Waals surface area contributed by atoms with E-state index in [1.54, 1.807) is 7.11 Å². The van der Waals surface area contributed by atoms with Crippen molar-refractivity contribution in [1.29, 1.82) is 0 Å². The van der Waals surface area contributed by atoms with Crippen LogP contribution in [0, 0.1) is 6.92 Å². The molecular weight excluding hydrogens is 433 g/mol. The molecule has 1 aliphatic rings. The summed E-state index contributed by atoms with van der Waals surface area (Å²) in [5, 5.41) is 0. The summed E-state index contributed by atoms with van der Waals surface area (Å²) in [5.41, 5.74) is 5.89. The second-order valence-electron chi connectivity index (χ2n) is 7.84. The van der Waals surface area contributed by atoms with E-state index in [4.69, 9.17) is 13.8 Å². The van der Waals surface area contributed by atoms with Gasteiger partial charge in [0.25, 0.3) is 0 Å². The highest BCUT2D eigenvalue weighted by molar-refractivity contribution is 7.54. The van der Waals surface area contributed by atoms with Gasteiger partial charge in [-0.15, -0.1) is 0 Å². The Balaban J connectivity index is 1.98. The van der Waals surface area contributed by atoms with Crippen molar-refractivity contribution in [3.8, 4) is 5.75 Å². The van der Waals surface area contributed by atoms with Crippen LogP contribution in [0.2, 0.25) is 0 Å². The zero-order chi connectivity index (χ0) is 23.4. The monoisotopic (exact) mass is 463 g/mol. The fourth-order valence-corrected chi connectivity index (χ4v) is 6.38. The standard InChI is InChI=1S/C27H30NO4P/c1-5-31-33(29,32-6-2)27-25-10-8-7-9-22(25)19-26(21-13-17-24(30-4)18-14-21)28(27)23-15-11-20(3)12-16-23/h7-19,27H,5-6H2,1-4H3. The first kappa shape index (κ1) is 23.3. The number of benzene rings is 3. The predicted octanol–water partition coefficient (Wildman–Crippen LogP) is 7.29. The Morgan fingerprint density at radius 2 is 1.52 bits per heavy atom. The van der Waals surface area contributed by atoms with E-state index in [0.717, 1.165) is 39.4 Å². The number of hydrogen-bond acceptors (Lipinski definition) is 5. The van der Waals surface area contributed by atoms with E-state index in [1.165, 1.54) is 0 Å². The van der Waals surface area contributed by atoms with E-state index in [2.05, 4.69) is 42.2 Å². The zero-order valence-corrected chi connectivity index (χ0v) is 20.4. The molecule has 1 unspecified atom stereocenters. The van der Waals surface area contributed by atoms with E-state index in [1.807, 2.05) is 62.4 Å². The summed E-state index contributed by atoms with van der Waals surface area (Å²) < 4.78 is 31.5. The smallest absolute Gasteiger partial charge is 0.357 e. The van der Waals surface area contributed by atoms with Crippen molar-refractivity contribution in [3.05, 3.63) is 95.1 Å². The molecule has 0 aromatic heterocycles. The van der Waals surface area contributed by atoms with Crippen LogP contribution in [0.5, 0.6) is 5.75 Å². The van der Waals surface area contributed by atoms with Crippen molar-refractivity contribution in [2.45, 2.75) is 26.6 Å². The minimum Gasteiger partial charge on any atom is -0.497 e. The van der Waals surface area contributed by atoms with Crippen LogP contribution in [0.1, 0.15) is 41.9 Å². The number of fused-ring (bicyclic) bond motifs is 1. The highest BCUT2D eigenvalue weighted by Gasteiger charge is 2.45. The molecule has 1 aliphatic heterocycles. The molecule has 0 amide bonds. The van der Waals surface area contributed by atoms with Gasteiger partial charge in [0.15, 0.2) is 5.78 Å². The summed E-state index contributed by atoms with van der Waals surface area (Å²) in [6, 6.07) is 24.1. The highest BCUT2D eigenvalue weighted by atomic mass is 31.2. The third kappa shape index (κ3) is 4.63. The summed E-state index contributed by atoms with van der Waals surface area (Å²) in [4.78, 5) is 2.09. The molecule has 0 radical (unpaired) electrons. The molecule has 0 spiro atoms. The van der Waals surface area contributed by atoms with Gasteiger partial charge in [0.05, 0.1) is 26.0 Å². The first-order chi connectivity index (χ1) is 16.0. The van der Waals surface area contributed by atoms with Gasteiger partial charge >= 0.3 is 7.60 Å². The van der Waals surface area contributed by atoms with Gasteiger partial charge in [-0.3, -0.25) is 4.57 Å². The molecule has 0 saturated heterocycles. The maximum absolute atomic E-state index is 14.3. The molecule has 0 bridgehead atoms. The average Bonchev–Trinajstić information content (AvgIpc) is 2.84. The lowest BCUT2D eigenvalue weighted by atomic mass is 9.97. The Morgan fingerprint density at radius 1 is 0.879 bits per heavy atom. The van der Waals surface area contributed by atoms with Crippen molar-refractivity contribution >= 4 is 25.1 Å². The summed E-state index contributed by atoms with van der Waals surface area (Å²) in [5.74, 6) is 0.154. The lowest BCUT2D eigenvalue weighted by Crippen LogP contribution is -2.31. The van der Waals surface area contributed by atoms with Crippen LogP contribution in [0.4, 0.5) is 5.69 Å². The first-order valence-electron chi connectivity index (χ1n) is 11.2. The van der Waals surface area contributed by atoms with Gasteiger partial charge in [-0.25, -0.2) is 0 Å². The van der Waals surface area contributed by atoms with Crippen LogP contribution < -0.4 is 9.64 Å². The number of aryl methyl sites for hydroxylation is 1. The summed E-state index contributed by atoms with van der Waals surface area (Å²) >= 11 is 0. The zero-order valence-electron chi connectivity index (χ0n) is 19.5. The Morgan fingerprint density at radius 3 is 2.12 bits per heavy atom. The maximum Gasteiger partial charge on any atom is 0.357 e. The average molecular weight is 464 g/mol. The van der Waals surface area contributed by atoms with Gasteiger partial charge in [-0.1, -0.05) is 42.0 Å². The van der Waals surface area contributed by atoms with Gasteiger partial charge in [0, 0.05) is 5.69 Å². The van der Waals surface area contributed by atoms with E-state index in [9.17, 15) is 4.57 Å². The number of ether oxygens (including phenoxy) is 1. The highest BCUT2D eigenvalue weighted by Crippen LogP contribution is 2.66. The SMILES string of the molecule is CCOP(=O)(OCC)C1c2ccccc2C=C(c2ccc(OC)cc2)N1c1ccc(C)cc1. The number of hydrogen-bond donors (Lipinski definition) is 0. The molecular formula is C27H30NO4P. The van der Waals surface area contributed by atoms with Gasteiger partial charge in [0.2, 0.25) is 0 Å². The minimum atomic E-state index is -3.57. The molecule has 4 rings (SSSR count). The fraction of sp³-hybridized carbons (Fsp3) is 0.259. The number of rotatable bonds is 8. The molecule has 5 nitrogen and oxygen atoms in total. The van der Waals surface area contributed by atoms with Crippen LogP contribution in [0.3, 0.4) is 0 Å². The van der Waals surface area contributed by atoms with Crippen LogP contribution >= 0.6 is 7.60 Å². The second kappa shape index (κ2) is 9.96. The van der Waals surface area contributed by atoms with Crippen LogP contribution in [0.25, 0.3) is 11.8 Å². The quantitative estimate of drug-likeness (QED) is 0.328. The largest absolute Gasteiger partial charge is 0.497 e. The Labute approximate surface area is 196 Å². The lowest BCUT2D eigenvalue weighted by Gasteiger charge is -2.42. The van der Waals surface area contributed by atoms with E-state index in [0.29, 0.717) is 13.2 Å². The molecule has 0 aliphatic carbocycles.